The third-order valence-electron chi connectivity index (χ3n) is 3.40. The van der Waals surface area contributed by atoms with Gasteiger partial charge in [0.15, 0.2) is 0 Å². The predicted octanol–water partition coefficient (Wildman–Crippen LogP) is -0.240. The molecule has 1 N–H and O–H groups in total. The van der Waals surface area contributed by atoms with E-state index in [1.54, 1.807) is 0 Å². The molecule has 0 aliphatic carbocycles. The Bertz CT molecular complexity index is 287. The van der Waals surface area contributed by atoms with Gasteiger partial charge in [-0.3, -0.25) is 9.59 Å². The number of ether oxygens (including phenoxy) is 1. The van der Waals surface area contributed by atoms with Crippen molar-refractivity contribution in [2.24, 2.45) is 5.92 Å². The monoisotopic (exact) mass is 226 g/mol. The number of esters is 1. The van der Waals surface area contributed by atoms with Gasteiger partial charge in [-0.2, -0.15) is 0 Å². The Morgan fingerprint density at radius 2 is 2.38 bits per heavy atom. The van der Waals surface area contributed by atoms with E-state index in [4.69, 9.17) is 0 Å². The van der Waals surface area contributed by atoms with Crippen LogP contribution in [0, 0.1) is 5.92 Å². The van der Waals surface area contributed by atoms with E-state index in [9.17, 15) is 9.59 Å². The van der Waals surface area contributed by atoms with Crippen LogP contribution in [0.3, 0.4) is 0 Å². The molecular formula is C11H18N2O3. The Morgan fingerprint density at radius 1 is 1.56 bits per heavy atom. The molecule has 0 radical (unpaired) electrons. The van der Waals surface area contributed by atoms with Crippen molar-refractivity contribution in [3.05, 3.63) is 0 Å². The van der Waals surface area contributed by atoms with Crippen LogP contribution in [0.2, 0.25) is 0 Å². The fourth-order valence-corrected chi connectivity index (χ4v) is 2.51. The quantitative estimate of drug-likeness (QED) is 0.660. The first-order valence-corrected chi connectivity index (χ1v) is 5.80. The Morgan fingerprint density at radius 3 is 3.00 bits per heavy atom. The number of hydrogen-bond donors (Lipinski definition) is 1. The largest absolute Gasteiger partial charge is 0.469 e. The molecular weight excluding hydrogens is 208 g/mol. The van der Waals surface area contributed by atoms with Crippen LogP contribution in [0.25, 0.3) is 0 Å². The minimum absolute atomic E-state index is 0.0871. The van der Waals surface area contributed by atoms with E-state index in [1.165, 1.54) is 7.11 Å². The van der Waals surface area contributed by atoms with Gasteiger partial charge in [-0.1, -0.05) is 0 Å². The smallest absolute Gasteiger partial charge is 0.310 e. The molecule has 2 atom stereocenters. The molecule has 2 heterocycles. The summed E-state index contributed by atoms with van der Waals surface area (Å²) >= 11 is 0. The summed E-state index contributed by atoms with van der Waals surface area (Å²) in [6.45, 7) is 2.40. The number of methoxy groups -OCH3 is 1. The van der Waals surface area contributed by atoms with Gasteiger partial charge in [0.25, 0.3) is 0 Å². The molecule has 0 aromatic rings. The van der Waals surface area contributed by atoms with Crippen molar-refractivity contribution >= 4 is 11.9 Å². The molecule has 2 rings (SSSR count). The van der Waals surface area contributed by atoms with Crippen molar-refractivity contribution in [3.8, 4) is 0 Å². The molecule has 0 aromatic heterocycles. The Balaban J connectivity index is 1.96. The van der Waals surface area contributed by atoms with E-state index in [0.29, 0.717) is 13.0 Å². The third kappa shape index (κ3) is 2.19. The first-order valence-electron chi connectivity index (χ1n) is 5.80. The molecule has 2 aliphatic heterocycles. The number of hydrogen-bond acceptors (Lipinski definition) is 4. The summed E-state index contributed by atoms with van der Waals surface area (Å²) in [4.78, 5) is 25.0. The summed E-state index contributed by atoms with van der Waals surface area (Å²) in [6.07, 6.45) is 2.44. The second kappa shape index (κ2) is 4.82. The lowest BCUT2D eigenvalue weighted by atomic mass is 10.1. The third-order valence-corrected chi connectivity index (χ3v) is 3.40. The molecule has 0 spiro atoms. The number of carbonyl (C=O) groups is 2. The maximum Gasteiger partial charge on any atom is 0.310 e. The summed E-state index contributed by atoms with van der Waals surface area (Å²) < 4.78 is 4.68. The zero-order valence-electron chi connectivity index (χ0n) is 9.57. The lowest BCUT2D eigenvalue weighted by Crippen LogP contribution is -2.46. The molecule has 0 bridgehead atoms. The van der Waals surface area contributed by atoms with Gasteiger partial charge in [0.2, 0.25) is 5.91 Å². The second-order valence-electron chi connectivity index (χ2n) is 4.47. The van der Waals surface area contributed by atoms with E-state index in [-0.39, 0.29) is 23.8 Å². The van der Waals surface area contributed by atoms with Crippen molar-refractivity contribution in [2.45, 2.75) is 25.3 Å². The van der Waals surface area contributed by atoms with Gasteiger partial charge >= 0.3 is 5.97 Å². The van der Waals surface area contributed by atoms with Crippen molar-refractivity contribution in [3.63, 3.8) is 0 Å². The lowest BCUT2D eigenvalue weighted by Gasteiger charge is -2.31. The molecule has 5 heteroatoms. The first kappa shape index (κ1) is 11.4. The maximum atomic E-state index is 11.8. The fourth-order valence-electron chi connectivity index (χ4n) is 2.51. The molecule has 1 amide bonds. The highest BCUT2D eigenvalue weighted by Crippen LogP contribution is 2.23. The number of carbonyl (C=O) groups excluding carboxylic acids is 2. The van der Waals surface area contributed by atoms with Gasteiger partial charge in [0.05, 0.1) is 13.0 Å². The minimum Gasteiger partial charge on any atom is -0.469 e. The number of nitrogens with zero attached hydrogens (tertiary/aromatic N) is 1. The topological polar surface area (TPSA) is 58.6 Å². The number of likely N-dealkylation sites (tertiary alicyclic amines) is 1. The van der Waals surface area contributed by atoms with Gasteiger partial charge < -0.3 is 15.0 Å². The number of nitrogens with one attached hydrogen (secondary N) is 1. The molecule has 2 fully saturated rings. The van der Waals surface area contributed by atoms with E-state index in [1.807, 2.05) is 4.90 Å². The Hall–Kier alpha value is -1.10. The average Bonchev–Trinajstić information content (AvgIpc) is 2.71. The van der Waals surface area contributed by atoms with Crippen molar-refractivity contribution in [1.82, 2.24) is 10.2 Å². The molecule has 0 saturated carbocycles. The normalized spacial score (nSPS) is 30.6. The van der Waals surface area contributed by atoms with Crippen LogP contribution in [0.4, 0.5) is 0 Å². The number of amides is 1. The number of rotatable bonds is 2. The Labute approximate surface area is 95.1 Å². The summed E-state index contributed by atoms with van der Waals surface area (Å²) in [7, 11) is 1.37. The summed E-state index contributed by atoms with van der Waals surface area (Å²) in [5.41, 5.74) is 0. The molecule has 2 aliphatic rings. The van der Waals surface area contributed by atoms with Gasteiger partial charge in [0.1, 0.15) is 0 Å². The average molecular weight is 226 g/mol. The highest BCUT2D eigenvalue weighted by atomic mass is 16.5. The van der Waals surface area contributed by atoms with Gasteiger partial charge in [-0.25, -0.2) is 0 Å². The summed E-state index contributed by atoms with van der Waals surface area (Å²) in [6, 6.07) is 0.260. The summed E-state index contributed by atoms with van der Waals surface area (Å²) in [5, 5.41) is 3.28. The molecule has 90 valence electrons. The highest BCUT2D eigenvalue weighted by molar-refractivity contribution is 5.87. The zero-order valence-corrected chi connectivity index (χ0v) is 9.57. The van der Waals surface area contributed by atoms with E-state index in [0.717, 1.165) is 25.9 Å². The molecule has 16 heavy (non-hydrogen) atoms. The molecule has 0 unspecified atom stereocenters. The Kier molecular flexibility index (Phi) is 3.43. The standard InChI is InChI=1S/C11H18N2O3/c1-16-11(15)8-5-10(14)13(7-8)9-3-2-4-12-6-9/h8-9,12H,2-7H2,1H3/t8-,9+/m1/s1. The maximum absolute atomic E-state index is 11.8. The minimum atomic E-state index is -0.264. The highest BCUT2D eigenvalue weighted by Gasteiger charge is 2.38. The van der Waals surface area contributed by atoms with Crippen LogP contribution in [-0.2, 0) is 14.3 Å². The van der Waals surface area contributed by atoms with Crippen LogP contribution in [0.15, 0.2) is 0 Å². The van der Waals surface area contributed by atoms with E-state index in [2.05, 4.69) is 10.1 Å². The van der Waals surface area contributed by atoms with E-state index < -0.39 is 0 Å². The second-order valence-corrected chi connectivity index (χ2v) is 4.47. The fraction of sp³-hybridized carbons (Fsp3) is 0.818. The van der Waals surface area contributed by atoms with Crippen LogP contribution in [-0.4, -0.2) is 49.6 Å². The molecule has 2 saturated heterocycles. The number of piperidine rings is 1. The van der Waals surface area contributed by atoms with Crippen LogP contribution in [0.1, 0.15) is 19.3 Å². The van der Waals surface area contributed by atoms with Crippen molar-refractivity contribution in [1.29, 1.82) is 0 Å². The van der Waals surface area contributed by atoms with Crippen LogP contribution in [0.5, 0.6) is 0 Å². The SMILES string of the molecule is COC(=O)[C@@H]1CC(=O)N([C@H]2CCCNC2)C1. The molecule has 5 nitrogen and oxygen atoms in total. The van der Waals surface area contributed by atoms with Crippen molar-refractivity contribution < 1.29 is 14.3 Å². The van der Waals surface area contributed by atoms with Crippen LogP contribution < -0.4 is 5.32 Å². The van der Waals surface area contributed by atoms with Crippen LogP contribution >= 0.6 is 0 Å². The summed E-state index contributed by atoms with van der Waals surface area (Å²) in [5.74, 6) is -0.442. The zero-order chi connectivity index (χ0) is 11.5. The first-order chi connectivity index (χ1) is 7.72. The van der Waals surface area contributed by atoms with Crippen molar-refractivity contribution in [2.75, 3.05) is 26.7 Å². The van der Waals surface area contributed by atoms with Gasteiger partial charge in [-0.15, -0.1) is 0 Å². The van der Waals surface area contributed by atoms with E-state index >= 15 is 0 Å². The van der Waals surface area contributed by atoms with Gasteiger partial charge in [-0.05, 0) is 19.4 Å². The predicted molar refractivity (Wildman–Crippen MR) is 57.7 cm³/mol. The molecule has 0 aromatic carbocycles. The van der Waals surface area contributed by atoms with Gasteiger partial charge in [0, 0.05) is 25.6 Å². The lowest BCUT2D eigenvalue weighted by molar-refractivity contribution is -0.145.